The summed E-state index contributed by atoms with van der Waals surface area (Å²) in [6.45, 7) is 1.94. The van der Waals surface area contributed by atoms with Crippen LogP contribution in [0.4, 0.5) is 5.69 Å². The van der Waals surface area contributed by atoms with Crippen LogP contribution in [0.15, 0.2) is 42.6 Å². The van der Waals surface area contributed by atoms with Gasteiger partial charge in [-0.3, -0.25) is 4.40 Å². The first-order valence-electron chi connectivity index (χ1n) is 6.14. The van der Waals surface area contributed by atoms with Gasteiger partial charge in [0.15, 0.2) is 5.69 Å². The van der Waals surface area contributed by atoms with Crippen molar-refractivity contribution in [3.8, 4) is 11.3 Å². The minimum Gasteiger partial charge on any atom is -0.476 e. The average Bonchev–Trinajstić information content (AvgIpc) is 2.77. The monoisotopic (exact) mass is 267 g/mol. The number of carbonyl (C=O) groups is 1. The Bertz CT molecular complexity index is 804. The minimum absolute atomic E-state index is 0.157. The number of pyridine rings is 1. The molecular weight excluding hydrogens is 254 g/mol. The van der Waals surface area contributed by atoms with Gasteiger partial charge in [0.1, 0.15) is 11.3 Å². The number of hydrogen-bond acceptors (Lipinski definition) is 3. The number of aromatic nitrogens is 2. The zero-order valence-electron chi connectivity index (χ0n) is 10.9. The molecule has 0 spiro atoms. The number of anilines is 1. The molecular formula is C15H13N3O2. The summed E-state index contributed by atoms with van der Waals surface area (Å²) in [6, 6.07) is 10.7. The van der Waals surface area contributed by atoms with Crippen LogP contribution in [-0.2, 0) is 0 Å². The first kappa shape index (κ1) is 12.2. The maximum atomic E-state index is 11.5. The molecule has 0 bridgehead atoms. The van der Waals surface area contributed by atoms with E-state index in [-0.39, 0.29) is 5.69 Å². The van der Waals surface area contributed by atoms with Crippen LogP contribution in [0.1, 0.15) is 16.1 Å². The number of aromatic carboxylic acids is 1. The van der Waals surface area contributed by atoms with Crippen molar-refractivity contribution in [1.82, 2.24) is 9.38 Å². The van der Waals surface area contributed by atoms with E-state index in [1.807, 2.05) is 19.1 Å². The number of aryl methyl sites for hydroxylation is 1. The highest BCUT2D eigenvalue weighted by Crippen LogP contribution is 2.25. The van der Waals surface area contributed by atoms with Gasteiger partial charge in [0, 0.05) is 17.4 Å². The number of carboxylic acid groups (broad SMARTS) is 1. The van der Waals surface area contributed by atoms with Gasteiger partial charge in [-0.15, -0.1) is 0 Å². The van der Waals surface area contributed by atoms with Crippen molar-refractivity contribution in [1.29, 1.82) is 0 Å². The van der Waals surface area contributed by atoms with E-state index >= 15 is 0 Å². The summed E-state index contributed by atoms with van der Waals surface area (Å²) in [5.41, 5.74) is 9.27. The number of rotatable bonds is 2. The molecule has 0 unspecified atom stereocenters. The Labute approximate surface area is 115 Å². The van der Waals surface area contributed by atoms with E-state index in [1.165, 1.54) is 0 Å². The van der Waals surface area contributed by atoms with Crippen LogP contribution in [0.3, 0.4) is 0 Å². The van der Waals surface area contributed by atoms with Gasteiger partial charge >= 0.3 is 5.97 Å². The van der Waals surface area contributed by atoms with Crippen molar-refractivity contribution < 1.29 is 9.90 Å². The Morgan fingerprint density at radius 2 is 1.95 bits per heavy atom. The summed E-state index contributed by atoms with van der Waals surface area (Å²) < 4.78 is 1.58. The summed E-state index contributed by atoms with van der Waals surface area (Å²) in [6.07, 6.45) is 1.72. The predicted molar refractivity (Wildman–Crippen MR) is 76.7 cm³/mol. The first-order valence-corrected chi connectivity index (χ1v) is 6.14. The predicted octanol–water partition coefficient (Wildman–Crippen LogP) is 2.59. The van der Waals surface area contributed by atoms with Crippen molar-refractivity contribution in [2.24, 2.45) is 0 Å². The second-order valence-corrected chi connectivity index (χ2v) is 4.67. The zero-order valence-corrected chi connectivity index (χ0v) is 10.9. The Kier molecular flexibility index (Phi) is 2.68. The summed E-state index contributed by atoms with van der Waals surface area (Å²) in [5, 5.41) is 9.45. The molecule has 0 atom stereocenters. The van der Waals surface area contributed by atoms with Crippen LogP contribution >= 0.6 is 0 Å². The van der Waals surface area contributed by atoms with Crippen molar-refractivity contribution >= 4 is 17.3 Å². The molecule has 100 valence electrons. The molecule has 0 aliphatic carbocycles. The van der Waals surface area contributed by atoms with E-state index < -0.39 is 5.97 Å². The molecule has 20 heavy (non-hydrogen) atoms. The van der Waals surface area contributed by atoms with Crippen LogP contribution in [-0.4, -0.2) is 20.5 Å². The van der Waals surface area contributed by atoms with Gasteiger partial charge in [-0.05, 0) is 36.8 Å². The van der Waals surface area contributed by atoms with Crippen LogP contribution in [0.5, 0.6) is 0 Å². The number of carboxylic acids is 1. The lowest BCUT2D eigenvalue weighted by atomic mass is 10.1. The lowest BCUT2D eigenvalue weighted by Gasteiger charge is -2.01. The number of benzene rings is 1. The van der Waals surface area contributed by atoms with Crippen LogP contribution < -0.4 is 5.73 Å². The molecule has 0 aliphatic rings. The van der Waals surface area contributed by atoms with E-state index in [9.17, 15) is 9.90 Å². The molecule has 0 radical (unpaired) electrons. The fourth-order valence-corrected chi connectivity index (χ4v) is 2.19. The highest BCUT2D eigenvalue weighted by atomic mass is 16.4. The molecule has 0 saturated carbocycles. The maximum absolute atomic E-state index is 11.5. The number of nitrogens with zero attached hydrogens (tertiary/aromatic N) is 2. The molecule has 0 aliphatic heterocycles. The molecule has 3 N–H and O–H groups in total. The van der Waals surface area contributed by atoms with E-state index in [2.05, 4.69) is 4.98 Å². The first-order chi connectivity index (χ1) is 9.56. The SMILES string of the molecule is Cc1ccn2c(C(=O)O)c(-c3ccc(N)cc3)nc2c1. The van der Waals surface area contributed by atoms with Crippen molar-refractivity contribution in [2.75, 3.05) is 5.73 Å². The number of imidazole rings is 1. The van der Waals surface area contributed by atoms with Crippen molar-refractivity contribution in [2.45, 2.75) is 6.92 Å². The smallest absolute Gasteiger partial charge is 0.355 e. The molecule has 2 heterocycles. The minimum atomic E-state index is -1.01. The van der Waals surface area contributed by atoms with Crippen molar-refractivity contribution in [3.05, 3.63) is 53.9 Å². The van der Waals surface area contributed by atoms with E-state index in [0.717, 1.165) is 11.1 Å². The quantitative estimate of drug-likeness (QED) is 0.699. The highest BCUT2D eigenvalue weighted by molar-refractivity contribution is 5.94. The molecule has 3 rings (SSSR count). The number of hydrogen-bond donors (Lipinski definition) is 2. The third-order valence-electron chi connectivity index (χ3n) is 3.17. The fourth-order valence-electron chi connectivity index (χ4n) is 2.19. The standard InChI is InChI=1S/C15H13N3O2/c1-9-6-7-18-12(8-9)17-13(14(18)15(19)20)10-2-4-11(16)5-3-10/h2-8H,16H2,1H3,(H,19,20). The average molecular weight is 267 g/mol. The summed E-state index contributed by atoms with van der Waals surface area (Å²) in [5.74, 6) is -1.01. The molecule has 5 heteroatoms. The molecule has 0 fully saturated rings. The third kappa shape index (κ3) is 1.89. The van der Waals surface area contributed by atoms with Gasteiger partial charge < -0.3 is 10.8 Å². The number of nitrogens with two attached hydrogens (primary N) is 1. The summed E-state index contributed by atoms with van der Waals surface area (Å²) in [4.78, 5) is 16.0. The highest BCUT2D eigenvalue weighted by Gasteiger charge is 2.19. The normalized spacial score (nSPS) is 10.8. The Hall–Kier alpha value is -2.82. The summed E-state index contributed by atoms with van der Waals surface area (Å²) >= 11 is 0. The molecule has 0 saturated heterocycles. The molecule has 1 aromatic carbocycles. The van der Waals surface area contributed by atoms with Crippen LogP contribution in [0, 0.1) is 6.92 Å². The van der Waals surface area contributed by atoms with E-state index in [0.29, 0.717) is 17.0 Å². The van der Waals surface area contributed by atoms with Gasteiger partial charge in [-0.25, -0.2) is 9.78 Å². The molecule has 3 aromatic rings. The fraction of sp³-hybridized carbons (Fsp3) is 0.0667. The van der Waals surface area contributed by atoms with E-state index in [4.69, 9.17) is 5.73 Å². The lowest BCUT2D eigenvalue weighted by Crippen LogP contribution is -2.03. The lowest BCUT2D eigenvalue weighted by molar-refractivity contribution is 0.0690. The van der Waals surface area contributed by atoms with Crippen LogP contribution in [0.25, 0.3) is 16.9 Å². The van der Waals surface area contributed by atoms with Gasteiger partial charge in [0.2, 0.25) is 0 Å². The van der Waals surface area contributed by atoms with Gasteiger partial charge in [0.05, 0.1) is 0 Å². The van der Waals surface area contributed by atoms with Crippen LogP contribution in [0.2, 0.25) is 0 Å². The van der Waals surface area contributed by atoms with E-state index in [1.54, 1.807) is 34.9 Å². The van der Waals surface area contributed by atoms with Gasteiger partial charge in [-0.2, -0.15) is 0 Å². The Balaban J connectivity index is 2.31. The Morgan fingerprint density at radius 3 is 2.60 bits per heavy atom. The molecule has 0 amide bonds. The van der Waals surface area contributed by atoms with Gasteiger partial charge in [0.25, 0.3) is 0 Å². The Morgan fingerprint density at radius 1 is 1.25 bits per heavy atom. The largest absolute Gasteiger partial charge is 0.476 e. The molecule has 2 aromatic heterocycles. The topological polar surface area (TPSA) is 80.6 Å². The molecule has 5 nitrogen and oxygen atoms in total. The zero-order chi connectivity index (χ0) is 14.3. The summed E-state index contributed by atoms with van der Waals surface area (Å²) in [7, 11) is 0. The number of nitrogen functional groups attached to an aromatic ring is 1. The second-order valence-electron chi connectivity index (χ2n) is 4.67. The second kappa shape index (κ2) is 4.38. The van der Waals surface area contributed by atoms with Gasteiger partial charge in [-0.1, -0.05) is 12.1 Å². The maximum Gasteiger partial charge on any atom is 0.355 e. The third-order valence-corrected chi connectivity index (χ3v) is 3.17. The number of fused-ring (bicyclic) bond motifs is 1. The van der Waals surface area contributed by atoms with Crippen molar-refractivity contribution in [3.63, 3.8) is 0 Å².